The Morgan fingerprint density at radius 1 is 1.03 bits per heavy atom. The summed E-state index contributed by atoms with van der Waals surface area (Å²) in [5, 5.41) is 1.12. The molecule has 1 aliphatic rings. The number of carbonyl (C=O) groups excluding carboxylic acids is 1. The van der Waals surface area contributed by atoms with Crippen LogP contribution in [0.1, 0.15) is 28.4 Å². The first-order valence-electron chi connectivity index (χ1n) is 9.52. The minimum absolute atomic E-state index is 0.0307. The van der Waals surface area contributed by atoms with Crippen molar-refractivity contribution in [3.8, 4) is 11.5 Å². The van der Waals surface area contributed by atoms with Gasteiger partial charge in [-0.1, -0.05) is 69.1 Å². The van der Waals surface area contributed by atoms with E-state index in [-0.39, 0.29) is 12.4 Å². The number of hydrogen-bond acceptors (Lipinski definition) is 4. The fourth-order valence-corrected chi connectivity index (χ4v) is 5.06. The van der Waals surface area contributed by atoms with Crippen LogP contribution >= 0.6 is 50.9 Å². The van der Waals surface area contributed by atoms with E-state index in [1.807, 2.05) is 55.5 Å². The number of Topliss-reactive ketones (excluding diaryl/α,β-unsaturated/α-hetero) is 1. The molecular formula is C24H17BrCl2O3S. The van der Waals surface area contributed by atoms with Crippen LogP contribution in [0.3, 0.4) is 0 Å². The molecule has 0 spiro atoms. The first kappa shape index (κ1) is 22.3. The summed E-state index contributed by atoms with van der Waals surface area (Å²) in [5.74, 6) is 1.20. The Morgan fingerprint density at radius 3 is 2.55 bits per heavy atom. The van der Waals surface area contributed by atoms with Gasteiger partial charge in [0.1, 0.15) is 6.61 Å². The van der Waals surface area contributed by atoms with Crippen LogP contribution in [0.2, 0.25) is 10.0 Å². The minimum Gasteiger partial charge on any atom is -0.490 e. The highest BCUT2D eigenvalue weighted by atomic mass is 79.9. The third-order valence-electron chi connectivity index (χ3n) is 4.62. The average molecular weight is 536 g/mol. The molecule has 3 aromatic carbocycles. The van der Waals surface area contributed by atoms with E-state index in [2.05, 4.69) is 15.9 Å². The molecule has 0 saturated heterocycles. The molecule has 0 unspecified atom stereocenters. The van der Waals surface area contributed by atoms with Crippen LogP contribution < -0.4 is 9.47 Å². The highest BCUT2D eigenvalue weighted by Gasteiger charge is 2.25. The number of allylic oxidation sites excluding steroid dienone is 1. The standard InChI is InChI=1S/C24H17BrCl2O3S/c1-2-29-20-9-15(10-23-24(28)17-5-3-4-6-22(17)31-23)18(25)12-21(20)30-13-14-7-8-16(26)11-19(14)27/h3-12H,2,13H2,1H3/b23-10-. The summed E-state index contributed by atoms with van der Waals surface area (Å²) in [6, 6.07) is 16.6. The van der Waals surface area contributed by atoms with Gasteiger partial charge in [0.25, 0.3) is 0 Å². The van der Waals surface area contributed by atoms with Gasteiger partial charge in [0.15, 0.2) is 11.5 Å². The summed E-state index contributed by atoms with van der Waals surface area (Å²) in [5.41, 5.74) is 2.39. The number of ketones is 1. The summed E-state index contributed by atoms with van der Waals surface area (Å²) in [7, 11) is 0. The van der Waals surface area contributed by atoms with Crippen molar-refractivity contribution in [1.29, 1.82) is 0 Å². The largest absolute Gasteiger partial charge is 0.490 e. The summed E-state index contributed by atoms with van der Waals surface area (Å²) >= 11 is 17.3. The Labute approximate surface area is 203 Å². The zero-order valence-corrected chi connectivity index (χ0v) is 20.4. The molecule has 0 N–H and O–H groups in total. The van der Waals surface area contributed by atoms with E-state index in [0.29, 0.717) is 33.1 Å². The van der Waals surface area contributed by atoms with E-state index < -0.39 is 0 Å². The van der Waals surface area contributed by atoms with Crippen LogP contribution in [0.15, 0.2) is 68.9 Å². The van der Waals surface area contributed by atoms with Gasteiger partial charge in [-0.15, -0.1) is 0 Å². The molecular weight excluding hydrogens is 519 g/mol. The average Bonchev–Trinajstić information content (AvgIpc) is 3.06. The first-order chi connectivity index (χ1) is 15.0. The summed E-state index contributed by atoms with van der Waals surface area (Å²) < 4.78 is 12.6. The van der Waals surface area contributed by atoms with E-state index >= 15 is 0 Å². The molecule has 1 heterocycles. The van der Waals surface area contributed by atoms with Gasteiger partial charge in [0.2, 0.25) is 5.78 Å². The molecule has 31 heavy (non-hydrogen) atoms. The van der Waals surface area contributed by atoms with Crippen LogP contribution in [-0.2, 0) is 6.61 Å². The lowest BCUT2D eigenvalue weighted by molar-refractivity contribution is 0.104. The Bertz CT molecular complexity index is 1190. The van der Waals surface area contributed by atoms with Crippen molar-refractivity contribution >= 4 is 62.8 Å². The van der Waals surface area contributed by atoms with Gasteiger partial charge in [-0.2, -0.15) is 0 Å². The molecule has 0 atom stereocenters. The predicted molar refractivity (Wildman–Crippen MR) is 131 cm³/mol. The molecule has 3 aromatic rings. The highest BCUT2D eigenvalue weighted by molar-refractivity contribution is 9.10. The van der Waals surface area contributed by atoms with E-state index in [1.54, 1.807) is 12.1 Å². The van der Waals surface area contributed by atoms with Crippen molar-refractivity contribution in [3.05, 3.63) is 90.7 Å². The number of fused-ring (bicyclic) bond motifs is 1. The van der Waals surface area contributed by atoms with E-state index in [9.17, 15) is 4.79 Å². The zero-order valence-electron chi connectivity index (χ0n) is 16.5. The second-order valence-electron chi connectivity index (χ2n) is 6.71. The third-order valence-corrected chi connectivity index (χ3v) is 7.00. The van der Waals surface area contributed by atoms with Crippen molar-refractivity contribution in [1.82, 2.24) is 0 Å². The number of hydrogen-bond donors (Lipinski definition) is 0. The van der Waals surface area contributed by atoms with Crippen LogP contribution in [0.25, 0.3) is 6.08 Å². The fourth-order valence-electron chi connectivity index (χ4n) is 3.11. The second kappa shape index (κ2) is 9.70. The van der Waals surface area contributed by atoms with Gasteiger partial charge in [-0.25, -0.2) is 0 Å². The van der Waals surface area contributed by atoms with Crippen LogP contribution in [0.4, 0.5) is 0 Å². The SMILES string of the molecule is CCOc1cc(/C=C2\Sc3ccccc3C2=O)c(Br)cc1OCc1ccc(Cl)cc1Cl. The lowest BCUT2D eigenvalue weighted by Gasteiger charge is -2.15. The lowest BCUT2D eigenvalue weighted by atomic mass is 10.1. The van der Waals surface area contributed by atoms with Crippen molar-refractivity contribution in [2.45, 2.75) is 18.4 Å². The molecule has 0 aromatic heterocycles. The van der Waals surface area contributed by atoms with E-state index in [4.69, 9.17) is 32.7 Å². The maximum Gasteiger partial charge on any atom is 0.200 e. The molecule has 0 saturated carbocycles. The van der Waals surface area contributed by atoms with E-state index in [1.165, 1.54) is 11.8 Å². The summed E-state index contributed by atoms with van der Waals surface area (Å²) in [4.78, 5) is 14.4. The van der Waals surface area contributed by atoms with Crippen molar-refractivity contribution < 1.29 is 14.3 Å². The van der Waals surface area contributed by atoms with Gasteiger partial charge < -0.3 is 9.47 Å². The number of rotatable bonds is 6. The van der Waals surface area contributed by atoms with Crippen LogP contribution in [-0.4, -0.2) is 12.4 Å². The number of thioether (sulfide) groups is 1. The first-order valence-corrected chi connectivity index (χ1v) is 11.9. The third kappa shape index (κ3) is 4.96. The van der Waals surface area contributed by atoms with Gasteiger partial charge in [0.05, 0.1) is 11.5 Å². The predicted octanol–water partition coefficient (Wildman–Crippen LogP) is 8.06. The molecule has 0 radical (unpaired) electrons. The number of benzene rings is 3. The Balaban J connectivity index is 1.61. The molecule has 4 rings (SSSR count). The van der Waals surface area contributed by atoms with Crippen molar-refractivity contribution in [3.63, 3.8) is 0 Å². The molecule has 3 nitrogen and oxygen atoms in total. The monoisotopic (exact) mass is 534 g/mol. The van der Waals surface area contributed by atoms with E-state index in [0.717, 1.165) is 26.1 Å². The molecule has 0 fully saturated rings. The molecule has 0 aliphatic carbocycles. The number of ether oxygens (including phenoxy) is 2. The second-order valence-corrected chi connectivity index (χ2v) is 9.50. The van der Waals surface area contributed by atoms with Crippen molar-refractivity contribution in [2.75, 3.05) is 6.61 Å². The Kier molecular flexibility index (Phi) is 6.97. The van der Waals surface area contributed by atoms with Gasteiger partial charge >= 0.3 is 0 Å². The molecule has 0 amide bonds. The number of halogens is 3. The van der Waals surface area contributed by atoms with Crippen LogP contribution in [0.5, 0.6) is 11.5 Å². The summed E-state index contributed by atoms with van der Waals surface area (Å²) in [6.45, 7) is 2.66. The molecule has 1 aliphatic heterocycles. The maximum atomic E-state index is 12.7. The normalized spacial score (nSPS) is 14.1. The van der Waals surface area contributed by atoms with Crippen LogP contribution in [0, 0.1) is 0 Å². The Hall–Kier alpha value is -1.92. The lowest BCUT2D eigenvalue weighted by Crippen LogP contribution is -2.01. The molecule has 7 heteroatoms. The van der Waals surface area contributed by atoms with Gasteiger partial charge in [0, 0.05) is 30.5 Å². The van der Waals surface area contributed by atoms with Gasteiger partial charge in [-0.05, 0) is 55.0 Å². The smallest absolute Gasteiger partial charge is 0.200 e. The van der Waals surface area contributed by atoms with Crippen molar-refractivity contribution in [2.24, 2.45) is 0 Å². The van der Waals surface area contributed by atoms with Gasteiger partial charge in [-0.3, -0.25) is 4.79 Å². The maximum absolute atomic E-state index is 12.7. The topological polar surface area (TPSA) is 35.5 Å². The highest BCUT2D eigenvalue weighted by Crippen LogP contribution is 2.42. The minimum atomic E-state index is 0.0307. The molecule has 158 valence electrons. The number of carbonyl (C=O) groups is 1. The zero-order chi connectivity index (χ0) is 22.0. The quantitative estimate of drug-likeness (QED) is 0.299. The summed E-state index contributed by atoms with van der Waals surface area (Å²) in [6.07, 6.45) is 1.87. The Morgan fingerprint density at radius 2 is 1.81 bits per heavy atom. The fraction of sp³-hybridized carbons (Fsp3) is 0.125. The molecule has 0 bridgehead atoms.